The topological polar surface area (TPSA) is 199 Å². The monoisotopic (exact) mass is 848 g/mol. The number of piperidine rings is 1. The maximum Gasteiger partial charge on any atom is 0.264 e. The van der Waals surface area contributed by atoms with Crippen molar-refractivity contribution >= 4 is 46.2 Å². The van der Waals surface area contributed by atoms with Crippen LogP contribution in [0.5, 0.6) is 0 Å². The lowest BCUT2D eigenvalue weighted by atomic mass is 10.0. The number of nitrogens with zero attached hydrogens (tertiary/aromatic N) is 5. The molecular weight excluding hydrogens is 797 g/mol. The van der Waals surface area contributed by atoms with Crippen LogP contribution >= 0.6 is 0 Å². The van der Waals surface area contributed by atoms with E-state index in [1.165, 1.54) is 5.56 Å². The first kappa shape index (κ1) is 44.0. The van der Waals surface area contributed by atoms with Crippen molar-refractivity contribution in [2.75, 3.05) is 96.9 Å². The molecule has 0 saturated carbocycles. The Balaban J connectivity index is 0.675. The highest BCUT2D eigenvalue weighted by molar-refractivity contribution is 6.25. The van der Waals surface area contributed by atoms with E-state index in [2.05, 4.69) is 37.7 Å². The summed E-state index contributed by atoms with van der Waals surface area (Å²) in [6, 6.07) is 18.2. The van der Waals surface area contributed by atoms with Gasteiger partial charge in [0.25, 0.3) is 11.8 Å². The quantitative estimate of drug-likeness (QED) is 0.0587. The van der Waals surface area contributed by atoms with E-state index < -0.39 is 29.7 Å². The molecule has 4 amide bonds. The molecule has 2 aliphatic heterocycles. The molecule has 326 valence electrons. The highest BCUT2D eigenvalue weighted by Gasteiger charge is 2.45. The normalized spacial score (nSPS) is 15.1. The van der Waals surface area contributed by atoms with Gasteiger partial charge in [-0.2, -0.15) is 0 Å². The summed E-state index contributed by atoms with van der Waals surface area (Å²) in [7, 11) is 3.94. The Morgan fingerprint density at radius 1 is 0.758 bits per heavy atom. The Morgan fingerprint density at radius 2 is 1.44 bits per heavy atom. The molecule has 1 saturated heterocycles. The molecule has 5 heterocycles. The summed E-state index contributed by atoms with van der Waals surface area (Å²) >= 11 is 0. The molecular formula is C45H52N8O9. The summed E-state index contributed by atoms with van der Waals surface area (Å²) in [5, 5.41) is 5.35. The summed E-state index contributed by atoms with van der Waals surface area (Å²) in [5.74, 6) is -0.521. The lowest BCUT2D eigenvalue weighted by Crippen LogP contribution is -2.54. The number of fused-ring (bicyclic) bond motifs is 2. The van der Waals surface area contributed by atoms with Crippen LogP contribution in [0.3, 0.4) is 0 Å². The van der Waals surface area contributed by atoms with Crippen molar-refractivity contribution in [1.29, 1.82) is 0 Å². The van der Waals surface area contributed by atoms with Crippen LogP contribution in [-0.4, -0.2) is 141 Å². The zero-order valence-corrected chi connectivity index (χ0v) is 35.0. The number of benzene rings is 2. The lowest BCUT2D eigenvalue weighted by molar-refractivity contribution is -0.136. The first-order chi connectivity index (χ1) is 30.3. The highest BCUT2D eigenvalue weighted by Crippen LogP contribution is 2.32. The van der Waals surface area contributed by atoms with E-state index in [9.17, 15) is 19.2 Å². The van der Waals surface area contributed by atoms with Gasteiger partial charge in [0.05, 0.1) is 81.6 Å². The highest BCUT2D eigenvalue weighted by atomic mass is 16.6. The molecule has 3 N–H and O–H groups in total. The van der Waals surface area contributed by atoms with Crippen molar-refractivity contribution in [2.24, 2.45) is 0 Å². The van der Waals surface area contributed by atoms with Crippen molar-refractivity contribution in [3.8, 4) is 22.6 Å². The van der Waals surface area contributed by atoms with Gasteiger partial charge >= 0.3 is 0 Å². The number of amides is 4. The largest absolute Gasteiger partial charge is 0.382 e. The SMILES string of the molecule is CN(C)c1ccc(-c2ccc(-c3nc4ccc(CCCOCCOCCOCCOCCOCCNc5cccc6c5C(=O)N(C5CCC(=O)NC5=O)C6=O)cc4[nH]3)nc2)cn1. The Labute approximate surface area is 359 Å². The van der Waals surface area contributed by atoms with Gasteiger partial charge in [0.1, 0.15) is 17.6 Å². The molecule has 17 heteroatoms. The number of aryl methyl sites for hydroxylation is 1. The number of imide groups is 2. The van der Waals surface area contributed by atoms with Crippen molar-refractivity contribution in [2.45, 2.75) is 31.7 Å². The smallest absolute Gasteiger partial charge is 0.264 e. The summed E-state index contributed by atoms with van der Waals surface area (Å²) in [6.07, 6.45) is 5.65. The third kappa shape index (κ3) is 11.2. The second-order valence-electron chi connectivity index (χ2n) is 14.9. The van der Waals surface area contributed by atoms with Gasteiger partial charge < -0.3 is 38.9 Å². The summed E-state index contributed by atoms with van der Waals surface area (Å²) in [4.78, 5) is 70.3. The lowest BCUT2D eigenvalue weighted by Gasteiger charge is -2.27. The second-order valence-corrected chi connectivity index (χ2v) is 14.9. The van der Waals surface area contributed by atoms with Gasteiger partial charge in [-0.1, -0.05) is 18.2 Å². The van der Waals surface area contributed by atoms with Crippen molar-refractivity contribution in [3.05, 3.63) is 89.7 Å². The molecule has 0 aliphatic carbocycles. The number of rotatable bonds is 24. The molecule has 1 fully saturated rings. The van der Waals surface area contributed by atoms with E-state index in [1.807, 2.05) is 61.7 Å². The van der Waals surface area contributed by atoms with Crippen molar-refractivity contribution in [3.63, 3.8) is 0 Å². The van der Waals surface area contributed by atoms with Crippen LogP contribution in [-0.2, 0) is 39.7 Å². The standard InChI is InChI=1S/C45H52N8O9/c1-52(2)39-14-10-32(29-48-39)31-9-12-36(47-28-31)42-49-34-11-8-30(27-37(34)50-42)5-4-17-58-19-21-60-23-25-62-26-24-61-22-20-59-18-16-46-35-7-3-6-33-41(35)45(57)53(44(33)56)38-13-15-40(54)51-43(38)55/h3,6-12,14,27-29,38,46H,4-5,13,15-26H2,1-2H3,(H,49,50)(H,51,54,55). The fourth-order valence-electron chi connectivity index (χ4n) is 7.14. The van der Waals surface area contributed by atoms with Crippen LogP contribution in [0.25, 0.3) is 33.7 Å². The fraction of sp³-hybridized carbons (Fsp3) is 0.400. The van der Waals surface area contributed by atoms with E-state index in [0.717, 1.165) is 57.2 Å². The minimum absolute atomic E-state index is 0.0659. The molecule has 0 bridgehead atoms. The van der Waals surface area contributed by atoms with E-state index >= 15 is 0 Å². The van der Waals surface area contributed by atoms with Gasteiger partial charge in [0, 0.05) is 62.9 Å². The molecule has 17 nitrogen and oxygen atoms in total. The number of imidazole rings is 1. The zero-order chi connectivity index (χ0) is 43.3. The van der Waals surface area contributed by atoms with Gasteiger partial charge in [-0.3, -0.25) is 34.4 Å². The Morgan fingerprint density at radius 3 is 2.08 bits per heavy atom. The Bertz CT molecular complexity index is 2320. The number of aromatic amines is 1. The van der Waals surface area contributed by atoms with Crippen molar-refractivity contribution in [1.82, 2.24) is 30.2 Å². The molecule has 2 aromatic carbocycles. The van der Waals surface area contributed by atoms with Gasteiger partial charge in [0.15, 0.2) is 5.82 Å². The molecule has 0 radical (unpaired) electrons. The molecule has 2 aliphatic rings. The van der Waals surface area contributed by atoms with Crippen LogP contribution in [0.2, 0.25) is 0 Å². The molecule has 0 spiro atoms. The van der Waals surface area contributed by atoms with E-state index in [1.54, 1.807) is 18.2 Å². The van der Waals surface area contributed by atoms with Crippen LogP contribution in [0.4, 0.5) is 11.5 Å². The van der Waals surface area contributed by atoms with E-state index in [4.69, 9.17) is 28.7 Å². The van der Waals surface area contributed by atoms with Crippen molar-refractivity contribution < 1.29 is 42.9 Å². The molecule has 7 rings (SSSR count). The third-order valence-electron chi connectivity index (χ3n) is 10.4. The average Bonchev–Trinajstić information content (AvgIpc) is 3.82. The first-order valence-electron chi connectivity index (χ1n) is 20.8. The average molecular weight is 849 g/mol. The van der Waals surface area contributed by atoms with E-state index in [-0.39, 0.29) is 24.0 Å². The van der Waals surface area contributed by atoms with Gasteiger partial charge in [0.2, 0.25) is 11.8 Å². The van der Waals surface area contributed by atoms with Gasteiger partial charge in [-0.15, -0.1) is 0 Å². The minimum atomic E-state index is -1.01. The van der Waals surface area contributed by atoms with Crippen LogP contribution < -0.4 is 15.5 Å². The summed E-state index contributed by atoms with van der Waals surface area (Å²) in [5.41, 5.74) is 6.78. The number of aromatic nitrogens is 4. The van der Waals surface area contributed by atoms with Gasteiger partial charge in [-0.05, 0) is 67.3 Å². The number of H-pyrrole nitrogens is 1. The molecule has 1 unspecified atom stereocenters. The number of hydrogen-bond acceptors (Lipinski definition) is 14. The maximum absolute atomic E-state index is 13.2. The second kappa shape index (κ2) is 21.6. The van der Waals surface area contributed by atoms with Crippen LogP contribution in [0.1, 0.15) is 45.5 Å². The molecule has 3 aromatic heterocycles. The number of pyridine rings is 2. The number of carbonyl (C=O) groups is 4. The summed E-state index contributed by atoms with van der Waals surface area (Å²) in [6.45, 7) is 4.92. The first-order valence-corrected chi connectivity index (χ1v) is 20.8. The van der Waals surface area contributed by atoms with Crippen LogP contribution in [0.15, 0.2) is 73.1 Å². The Kier molecular flexibility index (Phi) is 15.3. The van der Waals surface area contributed by atoms with Crippen LogP contribution in [0, 0.1) is 0 Å². The zero-order valence-electron chi connectivity index (χ0n) is 35.0. The van der Waals surface area contributed by atoms with Gasteiger partial charge in [-0.25, -0.2) is 9.97 Å². The number of ether oxygens (including phenoxy) is 5. The predicted molar refractivity (Wildman–Crippen MR) is 231 cm³/mol. The molecule has 62 heavy (non-hydrogen) atoms. The number of nitrogens with one attached hydrogen (secondary N) is 3. The third-order valence-corrected chi connectivity index (χ3v) is 10.4. The maximum atomic E-state index is 13.2. The molecule has 1 atom stereocenters. The fourth-order valence-corrected chi connectivity index (χ4v) is 7.14. The molecule has 5 aromatic rings. The number of hydrogen-bond donors (Lipinski definition) is 3. The minimum Gasteiger partial charge on any atom is -0.382 e. The predicted octanol–water partition coefficient (Wildman–Crippen LogP) is 4.28. The number of anilines is 2. The Hall–Kier alpha value is -6.11. The van der Waals surface area contributed by atoms with E-state index in [0.29, 0.717) is 78.3 Å². The summed E-state index contributed by atoms with van der Waals surface area (Å²) < 4.78 is 28.1. The number of carbonyl (C=O) groups excluding carboxylic acids is 4.